The number of carbonyl (C=O) groups excluding carboxylic acids is 2. The molecule has 0 bridgehead atoms. The predicted molar refractivity (Wildman–Crippen MR) is 117 cm³/mol. The van der Waals surface area contributed by atoms with Crippen LogP contribution in [0, 0.1) is 0 Å². The Morgan fingerprint density at radius 3 is 2.03 bits per heavy atom. The van der Waals surface area contributed by atoms with Crippen LogP contribution in [0.3, 0.4) is 0 Å². The molecular weight excluding hydrogens is 408 g/mol. The summed E-state index contributed by atoms with van der Waals surface area (Å²) in [5.74, 6) is 1.02. The molecule has 0 aliphatic rings. The van der Waals surface area contributed by atoms with Gasteiger partial charge in [0.05, 0.1) is 38.3 Å². The number of halogens is 1. The smallest absolute Gasteiger partial charge is 0.255 e. The minimum absolute atomic E-state index is 0.0917. The minimum Gasteiger partial charge on any atom is -0.493 e. The van der Waals surface area contributed by atoms with E-state index in [0.29, 0.717) is 47.2 Å². The fourth-order valence-electron chi connectivity index (χ4n) is 3.08. The van der Waals surface area contributed by atoms with Crippen molar-refractivity contribution in [2.75, 3.05) is 39.7 Å². The van der Waals surface area contributed by atoms with Crippen molar-refractivity contribution in [1.29, 1.82) is 0 Å². The van der Waals surface area contributed by atoms with Crippen molar-refractivity contribution < 1.29 is 23.8 Å². The normalized spacial score (nSPS) is 10.3. The minimum atomic E-state index is -0.247. The zero-order valence-electron chi connectivity index (χ0n) is 17.9. The van der Waals surface area contributed by atoms with Gasteiger partial charge in [-0.15, -0.1) is 0 Å². The zero-order valence-corrected chi connectivity index (χ0v) is 18.6. The van der Waals surface area contributed by atoms with E-state index in [4.69, 9.17) is 25.8 Å². The highest BCUT2D eigenvalue weighted by Gasteiger charge is 2.18. The van der Waals surface area contributed by atoms with Gasteiger partial charge in [-0.3, -0.25) is 9.59 Å². The van der Waals surface area contributed by atoms with E-state index in [9.17, 15) is 9.59 Å². The molecule has 0 fully saturated rings. The summed E-state index contributed by atoms with van der Waals surface area (Å²) in [6.45, 7) is 5.01. The van der Waals surface area contributed by atoms with Crippen LogP contribution in [0.4, 0.5) is 5.69 Å². The van der Waals surface area contributed by atoms with E-state index in [0.717, 1.165) is 0 Å². The Morgan fingerprint density at radius 1 is 0.967 bits per heavy atom. The Labute approximate surface area is 181 Å². The van der Waals surface area contributed by atoms with Crippen molar-refractivity contribution in [3.8, 4) is 17.2 Å². The highest BCUT2D eigenvalue weighted by Crippen LogP contribution is 2.38. The third kappa shape index (κ3) is 5.36. The number of benzene rings is 2. The highest BCUT2D eigenvalue weighted by molar-refractivity contribution is 6.34. The summed E-state index contributed by atoms with van der Waals surface area (Å²) >= 11 is 6.29. The van der Waals surface area contributed by atoms with Gasteiger partial charge in [-0.05, 0) is 49.7 Å². The molecule has 0 aliphatic heterocycles. The molecule has 1 N–H and O–H groups in total. The number of rotatable bonds is 9. The van der Waals surface area contributed by atoms with Gasteiger partial charge in [-0.1, -0.05) is 11.6 Å². The Hall–Kier alpha value is -2.93. The molecule has 8 heteroatoms. The monoisotopic (exact) mass is 434 g/mol. The van der Waals surface area contributed by atoms with E-state index in [1.54, 1.807) is 35.2 Å². The maximum absolute atomic E-state index is 12.5. The molecule has 30 heavy (non-hydrogen) atoms. The van der Waals surface area contributed by atoms with Gasteiger partial charge >= 0.3 is 0 Å². The Bertz CT molecular complexity index is 887. The largest absolute Gasteiger partial charge is 0.493 e. The summed E-state index contributed by atoms with van der Waals surface area (Å²) in [6, 6.07) is 8.30. The van der Waals surface area contributed by atoms with Crippen molar-refractivity contribution in [1.82, 2.24) is 4.90 Å². The van der Waals surface area contributed by atoms with E-state index >= 15 is 0 Å². The number of amides is 2. The molecule has 0 aliphatic carbocycles. The molecular formula is C22H27ClN2O5. The first-order valence-electron chi connectivity index (χ1n) is 9.55. The lowest BCUT2D eigenvalue weighted by Gasteiger charge is -2.19. The van der Waals surface area contributed by atoms with E-state index in [2.05, 4.69) is 5.32 Å². The fourth-order valence-corrected chi connectivity index (χ4v) is 3.34. The number of nitrogens with one attached hydrogen (secondary N) is 1. The molecule has 0 unspecified atom stereocenters. The average Bonchev–Trinajstić information content (AvgIpc) is 2.73. The second kappa shape index (κ2) is 10.7. The Morgan fingerprint density at radius 2 is 1.57 bits per heavy atom. The number of hydrogen-bond acceptors (Lipinski definition) is 5. The van der Waals surface area contributed by atoms with Gasteiger partial charge in [0, 0.05) is 18.8 Å². The van der Waals surface area contributed by atoms with Gasteiger partial charge in [0.2, 0.25) is 11.7 Å². The molecule has 2 amide bonds. The standard InChI is InChI=1S/C22H27ClN2O5/c1-6-25(7-2)22(27)16-9-8-15(13-17(16)23)24-20(26)12-14-10-18(28-3)21(30-5)19(11-14)29-4/h8-11,13H,6-7,12H2,1-5H3,(H,24,26). The van der Waals surface area contributed by atoms with Crippen LogP contribution in [0.15, 0.2) is 30.3 Å². The Kier molecular flexibility index (Phi) is 8.35. The summed E-state index contributed by atoms with van der Waals surface area (Å²) < 4.78 is 15.9. The van der Waals surface area contributed by atoms with Crippen molar-refractivity contribution >= 4 is 29.1 Å². The van der Waals surface area contributed by atoms with Crippen LogP contribution in [0.2, 0.25) is 5.02 Å². The van der Waals surface area contributed by atoms with Crippen LogP contribution in [-0.2, 0) is 11.2 Å². The molecule has 2 aromatic carbocycles. The van der Waals surface area contributed by atoms with Crippen molar-refractivity contribution in [3.05, 3.63) is 46.5 Å². The second-order valence-corrected chi connectivity index (χ2v) is 6.84. The third-order valence-corrected chi connectivity index (χ3v) is 4.94. The highest BCUT2D eigenvalue weighted by atomic mass is 35.5. The van der Waals surface area contributed by atoms with Crippen LogP contribution in [-0.4, -0.2) is 51.1 Å². The second-order valence-electron chi connectivity index (χ2n) is 6.43. The lowest BCUT2D eigenvalue weighted by Crippen LogP contribution is -2.30. The molecule has 2 aromatic rings. The SMILES string of the molecule is CCN(CC)C(=O)c1ccc(NC(=O)Cc2cc(OC)c(OC)c(OC)c2)cc1Cl. The topological polar surface area (TPSA) is 77.1 Å². The number of nitrogens with zero attached hydrogens (tertiary/aromatic N) is 1. The molecule has 0 radical (unpaired) electrons. The molecule has 0 saturated heterocycles. The summed E-state index contributed by atoms with van der Waals surface area (Å²) in [6.07, 6.45) is 0.0917. The molecule has 0 atom stereocenters. The summed E-state index contributed by atoms with van der Waals surface area (Å²) in [4.78, 5) is 26.7. The van der Waals surface area contributed by atoms with Gasteiger partial charge < -0.3 is 24.4 Å². The van der Waals surface area contributed by atoms with E-state index in [-0.39, 0.29) is 23.3 Å². The average molecular weight is 435 g/mol. The number of methoxy groups -OCH3 is 3. The predicted octanol–water partition coefficient (Wildman–Crippen LogP) is 4.03. The van der Waals surface area contributed by atoms with Gasteiger partial charge in [0.15, 0.2) is 11.5 Å². The lowest BCUT2D eigenvalue weighted by atomic mass is 10.1. The van der Waals surface area contributed by atoms with E-state index in [1.165, 1.54) is 21.3 Å². The molecule has 0 heterocycles. The van der Waals surface area contributed by atoms with Crippen LogP contribution >= 0.6 is 11.6 Å². The first kappa shape index (κ1) is 23.3. The quantitative estimate of drug-likeness (QED) is 0.644. The molecule has 7 nitrogen and oxygen atoms in total. The van der Waals surface area contributed by atoms with Crippen molar-refractivity contribution in [2.45, 2.75) is 20.3 Å². The molecule has 162 valence electrons. The maximum Gasteiger partial charge on any atom is 0.255 e. The summed E-state index contributed by atoms with van der Waals surface area (Å²) in [5.41, 5.74) is 1.61. The maximum atomic E-state index is 12.5. The van der Waals surface area contributed by atoms with Gasteiger partial charge in [0.25, 0.3) is 5.91 Å². The van der Waals surface area contributed by atoms with Gasteiger partial charge in [-0.2, -0.15) is 0 Å². The van der Waals surface area contributed by atoms with Crippen molar-refractivity contribution in [3.63, 3.8) is 0 Å². The molecule has 0 spiro atoms. The molecule has 0 aromatic heterocycles. The molecule has 0 saturated carbocycles. The summed E-state index contributed by atoms with van der Waals surface area (Å²) in [7, 11) is 4.56. The fraction of sp³-hybridized carbons (Fsp3) is 0.364. The third-order valence-electron chi connectivity index (χ3n) is 4.62. The number of anilines is 1. The molecule has 2 rings (SSSR count). The number of hydrogen-bond donors (Lipinski definition) is 1. The first-order chi connectivity index (χ1) is 14.4. The van der Waals surface area contributed by atoms with Crippen LogP contribution in [0.5, 0.6) is 17.2 Å². The van der Waals surface area contributed by atoms with Crippen molar-refractivity contribution in [2.24, 2.45) is 0 Å². The van der Waals surface area contributed by atoms with Gasteiger partial charge in [-0.25, -0.2) is 0 Å². The number of carbonyl (C=O) groups is 2. The zero-order chi connectivity index (χ0) is 22.3. The van der Waals surface area contributed by atoms with Crippen LogP contribution < -0.4 is 19.5 Å². The van der Waals surface area contributed by atoms with E-state index in [1.807, 2.05) is 13.8 Å². The van der Waals surface area contributed by atoms with E-state index < -0.39 is 0 Å². The first-order valence-corrected chi connectivity index (χ1v) is 9.93. The Balaban J connectivity index is 2.15. The lowest BCUT2D eigenvalue weighted by molar-refractivity contribution is -0.115. The summed E-state index contributed by atoms with van der Waals surface area (Å²) in [5, 5.41) is 3.09. The van der Waals surface area contributed by atoms with Crippen LogP contribution in [0.25, 0.3) is 0 Å². The van der Waals surface area contributed by atoms with Gasteiger partial charge in [0.1, 0.15) is 0 Å². The van der Waals surface area contributed by atoms with Crippen LogP contribution in [0.1, 0.15) is 29.8 Å². The number of ether oxygens (including phenoxy) is 3.